The van der Waals surface area contributed by atoms with Crippen LogP contribution >= 0.6 is 22.9 Å². The van der Waals surface area contributed by atoms with Gasteiger partial charge in [0.2, 0.25) is 5.95 Å². The van der Waals surface area contributed by atoms with Crippen LogP contribution in [0.5, 0.6) is 0 Å². The summed E-state index contributed by atoms with van der Waals surface area (Å²) in [6.07, 6.45) is 2.65. The van der Waals surface area contributed by atoms with Gasteiger partial charge in [0.05, 0.1) is 16.1 Å². The Balaban J connectivity index is 1.47. The molecule has 4 rings (SSSR count). The monoisotopic (exact) mass is 458 g/mol. The molecule has 9 heteroatoms. The quantitative estimate of drug-likeness (QED) is 0.470. The van der Waals surface area contributed by atoms with Crippen molar-refractivity contribution in [1.29, 1.82) is 0 Å². The number of amides is 1. The molecule has 1 amide bonds. The summed E-state index contributed by atoms with van der Waals surface area (Å²) in [6.45, 7) is 7.30. The Morgan fingerprint density at radius 2 is 2.29 bits per heavy atom. The predicted molar refractivity (Wildman–Crippen MR) is 128 cm³/mol. The molecule has 0 radical (unpaired) electrons. The van der Waals surface area contributed by atoms with Gasteiger partial charge in [-0.2, -0.15) is 0 Å². The van der Waals surface area contributed by atoms with Crippen LogP contribution in [0.25, 0.3) is 20.7 Å². The van der Waals surface area contributed by atoms with Crippen molar-refractivity contribution < 1.29 is 4.79 Å². The largest absolute Gasteiger partial charge is 0.355 e. The van der Waals surface area contributed by atoms with Crippen molar-refractivity contribution >= 4 is 44.9 Å². The molecule has 3 heterocycles. The third-order valence-electron chi connectivity index (χ3n) is 5.55. The smallest absolute Gasteiger partial charge is 0.251 e. The van der Waals surface area contributed by atoms with Crippen LogP contribution < -0.4 is 16.0 Å². The van der Waals surface area contributed by atoms with Gasteiger partial charge in [-0.05, 0) is 31.5 Å². The second kappa shape index (κ2) is 9.91. The Labute approximate surface area is 191 Å². The molecule has 164 valence electrons. The lowest BCUT2D eigenvalue weighted by Gasteiger charge is -2.33. The molecule has 2 aromatic heterocycles. The molecule has 7 nitrogen and oxygen atoms in total. The zero-order valence-electron chi connectivity index (χ0n) is 17.7. The van der Waals surface area contributed by atoms with Crippen LogP contribution in [0, 0.1) is 0 Å². The Hall–Kier alpha value is -2.26. The molecule has 1 aromatic carbocycles. The van der Waals surface area contributed by atoms with Crippen molar-refractivity contribution in [2.45, 2.75) is 19.4 Å². The Kier molecular flexibility index (Phi) is 7.02. The van der Waals surface area contributed by atoms with Gasteiger partial charge >= 0.3 is 0 Å². The van der Waals surface area contributed by atoms with E-state index in [1.54, 1.807) is 24.6 Å². The lowest BCUT2D eigenvalue weighted by atomic mass is 10.1. The molecule has 1 atom stereocenters. The van der Waals surface area contributed by atoms with Crippen LogP contribution in [0.15, 0.2) is 30.5 Å². The van der Waals surface area contributed by atoms with Gasteiger partial charge in [0.1, 0.15) is 5.69 Å². The van der Waals surface area contributed by atoms with E-state index in [1.807, 2.05) is 24.3 Å². The zero-order chi connectivity index (χ0) is 21.8. The summed E-state index contributed by atoms with van der Waals surface area (Å²) in [7, 11) is 1.64. The number of thiophene rings is 1. The topological polar surface area (TPSA) is 82.2 Å². The fraction of sp³-hybridized carbons (Fsp3) is 0.409. The summed E-state index contributed by atoms with van der Waals surface area (Å²) in [5.41, 5.74) is 1.33. The molecule has 1 aliphatic rings. The molecule has 31 heavy (non-hydrogen) atoms. The first-order chi connectivity index (χ1) is 15.1. The maximum atomic E-state index is 12.2. The van der Waals surface area contributed by atoms with E-state index in [9.17, 15) is 4.79 Å². The van der Waals surface area contributed by atoms with Crippen LogP contribution in [0.4, 0.5) is 5.95 Å². The highest BCUT2D eigenvalue weighted by Gasteiger charge is 2.17. The van der Waals surface area contributed by atoms with Gasteiger partial charge in [-0.25, -0.2) is 9.97 Å². The maximum Gasteiger partial charge on any atom is 0.251 e. The van der Waals surface area contributed by atoms with E-state index in [4.69, 9.17) is 11.6 Å². The first-order valence-electron chi connectivity index (χ1n) is 10.5. The molecule has 1 saturated heterocycles. The van der Waals surface area contributed by atoms with Crippen molar-refractivity contribution in [2.24, 2.45) is 0 Å². The Bertz CT molecular complexity index is 1070. The van der Waals surface area contributed by atoms with Gasteiger partial charge in [-0.1, -0.05) is 17.7 Å². The van der Waals surface area contributed by atoms with Crippen LogP contribution in [-0.4, -0.2) is 66.6 Å². The molecular formula is C22H27ClN6OS. The van der Waals surface area contributed by atoms with Crippen LogP contribution in [0.1, 0.15) is 23.7 Å². The Morgan fingerprint density at radius 1 is 1.42 bits per heavy atom. The molecule has 0 aliphatic carbocycles. The number of rotatable bonds is 7. The molecule has 0 spiro atoms. The van der Waals surface area contributed by atoms with Crippen LogP contribution in [0.2, 0.25) is 5.02 Å². The van der Waals surface area contributed by atoms with Crippen molar-refractivity contribution in [3.05, 3.63) is 41.0 Å². The van der Waals surface area contributed by atoms with Crippen molar-refractivity contribution in [3.8, 4) is 10.6 Å². The Morgan fingerprint density at radius 3 is 3.10 bits per heavy atom. The lowest BCUT2D eigenvalue weighted by molar-refractivity contribution is 0.0965. The third kappa shape index (κ3) is 4.98. The SMILES string of the molecule is CNC(=O)c1cccc2sc(-c3nc(NCCCN4CCNCC4C)ncc3Cl)cc12. The van der Waals surface area contributed by atoms with Gasteiger partial charge in [0.25, 0.3) is 5.91 Å². The van der Waals surface area contributed by atoms with Gasteiger partial charge in [0, 0.05) is 61.5 Å². The number of benzene rings is 1. The van der Waals surface area contributed by atoms with E-state index in [2.05, 4.69) is 37.7 Å². The number of hydrogen-bond acceptors (Lipinski definition) is 7. The molecule has 0 saturated carbocycles. The van der Waals surface area contributed by atoms with E-state index in [0.717, 1.165) is 54.1 Å². The minimum absolute atomic E-state index is 0.107. The van der Waals surface area contributed by atoms with E-state index in [1.165, 1.54) is 0 Å². The molecule has 1 unspecified atom stereocenters. The summed E-state index contributed by atoms with van der Waals surface area (Å²) in [6, 6.07) is 8.27. The number of halogens is 1. The second-order valence-electron chi connectivity index (χ2n) is 7.67. The highest BCUT2D eigenvalue weighted by molar-refractivity contribution is 7.22. The van der Waals surface area contributed by atoms with Gasteiger partial charge in [-0.3, -0.25) is 9.69 Å². The number of nitrogens with zero attached hydrogens (tertiary/aromatic N) is 3. The number of anilines is 1. The highest BCUT2D eigenvalue weighted by Crippen LogP contribution is 2.37. The summed E-state index contributed by atoms with van der Waals surface area (Å²) in [5, 5.41) is 10.8. The number of carbonyl (C=O) groups is 1. The third-order valence-corrected chi connectivity index (χ3v) is 6.94. The van der Waals surface area contributed by atoms with Gasteiger partial charge in [0.15, 0.2) is 0 Å². The minimum atomic E-state index is -0.107. The van der Waals surface area contributed by atoms with E-state index in [0.29, 0.717) is 28.3 Å². The number of hydrogen-bond donors (Lipinski definition) is 3. The molecule has 1 fully saturated rings. The summed E-state index contributed by atoms with van der Waals surface area (Å²) < 4.78 is 1.02. The minimum Gasteiger partial charge on any atom is -0.355 e. The number of nitrogens with one attached hydrogen (secondary N) is 3. The summed E-state index contributed by atoms with van der Waals surface area (Å²) in [5.74, 6) is 0.460. The normalized spacial score (nSPS) is 17.1. The number of aromatic nitrogens is 2. The van der Waals surface area contributed by atoms with Crippen LogP contribution in [-0.2, 0) is 0 Å². The predicted octanol–water partition coefficient (Wildman–Crippen LogP) is 3.47. The van der Waals surface area contributed by atoms with E-state index >= 15 is 0 Å². The maximum absolute atomic E-state index is 12.2. The summed E-state index contributed by atoms with van der Waals surface area (Å²) in [4.78, 5) is 24.6. The van der Waals surface area contributed by atoms with Crippen LogP contribution in [0.3, 0.4) is 0 Å². The van der Waals surface area contributed by atoms with Gasteiger partial charge in [-0.15, -0.1) is 11.3 Å². The number of carbonyl (C=O) groups excluding carboxylic acids is 1. The van der Waals surface area contributed by atoms with Crippen molar-refractivity contribution in [2.75, 3.05) is 45.1 Å². The fourth-order valence-corrected chi connectivity index (χ4v) is 5.17. The summed E-state index contributed by atoms with van der Waals surface area (Å²) >= 11 is 8.00. The zero-order valence-corrected chi connectivity index (χ0v) is 19.3. The number of piperazine rings is 1. The molecular weight excluding hydrogens is 432 g/mol. The van der Waals surface area contributed by atoms with E-state index < -0.39 is 0 Å². The van der Waals surface area contributed by atoms with Crippen molar-refractivity contribution in [3.63, 3.8) is 0 Å². The second-order valence-corrected chi connectivity index (χ2v) is 9.16. The number of fused-ring (bicyclic) bond motifs is 1. The lowest BCUT2D eigenvalue weighted by Crippen LogP contribution is -2.50. The molecule has 3 N–H and O–H groups in total. The molecule has 3 aromatic rings. The fourth-order valence-electron chi connectivity index (χ4n) is 3.83. The van der Waals surface area contributed by atoms with Gasteiger partial charge < -0.3 is 16.0 Å². The standard InChI is InChI=1S/C22H27ClN6OS/c1-14-12-25-8-10-29(14)9-4-7-26-22-27-13-17(23)20(28-22)19-11-16-15(21(30)24-2)5-3-6-18(16)31-19/h3,5-6,11,13-14,25H,4,7-10,12H2,1-2H3,(H,24,30)(H,26,27,28). The van der Waals surface area contributed by atoms with Crippen molar-refractivity contribution in [1.82, 2.24) is 25.5 Å². The molecule has 1 aliphatic heterocycles. The average Bonchev–Trinajstić information content (AvgIpc) is 3.22. The highest BCUT2D eigenvalue weighted by atomic mass is 35.5. The molecule has 0 bridgehead atoms. The first-order valence-corrected chi connectivity index (χ1v) is 11.7. The first kappa shape index (κ1) is 22.0. The van der Waals surface area contributed by atoms with E-state index in [-0.39, 0.29) is 5.91 Å². The average molecular weight is 459 g/mol.